The van der Waals surface area contributed by atoms with E-state index in [1.54, 1.807) is 24.5 Å². The third-order valence-electron chi connectivity index (χ3n) is 4.02. The minimum Gasteiger partial charge on any atom is -0.375 e. The highest BCUT2D eigenvalue weighted by molar-refractivity contribution is 7.89. The molecule has 2 aromatic rings. The monoisotopic (exact) mass is 335 g/mol. The molecule has 2 heterocycles. The molecule has 0 bridgehead atoms. The molecule has 23 heavy (non-hydrogen) atoms. The third kappa shape index (κ3) is 3.17. The average Bonchev–Trinajstić information content (AvgIpc) is 2.95. The van der Waals surface area contributed by atoms with E-state index in [9.17, 15) is 8.42 Å². The highest BCUT2D eigenvalue weighted by Crippen LogP contribution is 2.24. The van der Waals surface area contributed by atoms with Crippen molar-refractivity contribution in [1.29, 1.82) is 0 Å². The molecule has 0 saturated heterocycles. The van der Waals surface area contributed by atoms with Crippen LogP contribution in [-0.2, 0) is 34.5 Å². The topological polar surface area (TPSA) is 64.4 Å². The van der Waals surface area contributed by atoms with Gasteiger partial charge in [-0.3, -0.25) is 0 Å². The van der Waals surface area contributed by atoms with E-state index >= 15 is 0 Å². The van der Waals surface area contributed by atoms with E-state index in [-0.39, 0.29) is 0 Å². The molecule has 124 valence electrons. The quantitative estimate of drug-likeness (QED) is 0.837. The average molecular weight is 335 g/mol. The van der Waals surface area contributed by atoms with Gasteiger partial charge in [-0.1, -0.05) is 12.1 Å². The predicted octanol–water partition coefficient (Wildman–Crippen LogP) is 1.93. The van der Waals surface area contributed by atoms with Crippen LogP contribution in [-0.4, -0.2) is 35.4 Å². The predicted molar refractivity (Wildman–Crippen MR) is 86.3 cm³/mol. The molecule has 0 unspecified atom stereocenters. The summed E-state index contributed by atoms with van der Waals surface area (Å²) in [4.78, 5) is 4.70. The number of imidazole rings is 1. The minimum atomic E-state index is -3.49. The summed E-state index contributed by atoms with van der Waals surface area (Å²) in [5.41, 5.74) is 2.67. The summed E-state index contributed by atoms with van der Waals surface area (Å²) in [5.74, 6) is 0. The fourth-order valence-electron chi connectivity index (χ4n) is 2.74. The number of ether oxygens (including phenoxy) is 1. The van der Waals surface area contributed by atoms with Gasteiger partial charge in [0.2, 0.25) is 10.0 Å². The Morgan fingerprint density at radius 2 is 2.13 bits per heavy atom. The highest BCUT2D eigenvalue weighted by atomic mass is 32.2. The summed E-state index contributed by atoms with van der Waals surface area (Å²) in [5, 5.41) is 0. The normalized spacial score (nSPS) is 15.6. The first kappa shape index (κ1) is 16.2. The van der Waals surface area contributed by atoms with Crippen LogP contribution >= 0.6 is 0 Å². The zero-order valence-corrected chi connectivity index (χ0v) is 14.2. The molecule has 3 rings (SSSR count). The van der Waals surface area contributed by atoms with E-state index in [2.05, 4.69) is 4.98 Å². The minimum absolute atomic E-state index is 0.332. The van der Waals surface area contributed by atoms with Crippen LogP contribution in [0.5, 0.6) is 0 Å². The van der Waals surface area contributed by atoms with Gasteiger partial charge in [0.15, 0.2) is 0 Å². The van der Waals surface area contributed by atoms with Gasteiger partial charge in [0, 0.05) is 19.7 Å². The Morgan fingerprint density at radius 1 is 1.30 bits per heavy atom. The van der Waals surface area contributed by atoms with Crippen molar-refractivity contribution in [1.82, 2.24) is 13.9 Å². The van der Waals surface area contributed by atoms with Crippen molar-refractivity contribution >= 4 is 10.0 Å². The van der Waals surface area contributed by atoms with E-state index in [4.69, 9.17) is 4.74 Å². The maximum Gasteiger partial charge on any atom is 0.243 e. The highest BCUT2D eigenvalue weighted by Gasteiger charge is 2.30. The fraction of sp³-hybridized carbons (Fsp3) is 0.438. The molecule has 0 spiro atoms. The van der Waals surface area contributed by atoms with Crippen LogP contribution in [0.25, 0.3) is 0 Å². The Labute approximate surface area is 136 Å². The van der Waals surface area contributed by atoms with Crippen LogP contribution in [0, 0.1) is 6.92 Å². The fourth-order valence-corrected chi connectivity index (χ4v) is 4.24. The van der Waals surface area contributed by atoms with Crippen molar-refractivity contribution in [2.75, 3.05) is 13.2 Å². The van der Waals surface area contributed by atoms with Crippen molar-refractivity contribution in [2.24, 2.45) is 0 Å². The molecule has 1 aliphatic heterocycles. The molecule has 0 radical (unpaired) electrons. The Kier molecular flexibility index (Phi) is 4.52. The van der Waals surface area contributed by atoms with Crippen LogP contribution in [0.1, 0.15) is 23.9 Å². The van der Waals surface area contributed by atoms with Crippen LogP contribution < -0.4 is 0 Å². The lowest BCUT2D eigenvalue weighted by atomic mass is 10.2. The van der Waals surface area contributed by atoms with E-state index in [0.717, 1.165) is 17.0 Å². The first-order chi connectivity index (χ1) is 11.0. The van der Waals surface area contributed by atoms with Gasteiger partial charge in [0.05, 0.1) is 35.8 Å². The molecular weight excluding hydrogens is 314 g/mol. The number of aromatic nitrogens is 2. The summed E-state index contributed by atoms with van der Waals surface area (Å²) in [6, 6.07) is 7.03. The van der Waals surface area contributed by atoms with Gasteiger partial charge in [-0.15, -0.1) is 0 Å². The lowest BCUT2D eigenvalue weighted by molar-refractivity contribution is 0.130. The first-order valence-corrected chi connectivity index (χ1v) is 9.14. The van der Waals surface area contributed by atoms with E-state index in [1.165, 1.54) is 4.31 Å². The molecule has 0 amide bonds. The number of benzene rings is 1. The molecule has 1 aliphatic rings. The van der Waals surface area contributed by atoms with E-state index in [1.807, 2.05) is 24.5 Å². The molecular formula is C16H21N3O3S. The van der Waals surface area contributed by atoms with Crippen LogP contribution in [0.4, 0.5) is 0 Å². The molecule has 0 aliphatic carbocycles. The van der Waals surface area contributed by atoms with Gasteiger partial charge in [-0.2, -0.15) is 4.31 Å². The number of aryl methyl sites for hydroxylation is 1. The van der Waals surface area contributed by atoms with Crippen molar-refractivity contribution in [3.05, 3.63) is 47.5 Å². The second kappa shape index (κ2) is 6.43. The van der Waals surface area contributed by atoms with Gasteiger partial charge < -0.3 is 9.30 Å². The Morgan fingerprint density at radius 3 is 2.87 bits per heavy atom. The van der Waals surface area contributed by atoms with Gasteiger partial charge in [0.1, 0.15) is 0 Å². The number of rotatable bonds is 5. The molecule has 7 heteroatoms. The molecule has 0 N–H and O–H groups in total. The molecule has 6 nitrogen and oxygen atoms in total. The van der Waals surface area contributed by atoms with Gasteiger partial charge in [0.25, 0.3) is 0 Å². The lowest BCUT2D eigenvalue weighted by Crippen LogP contribution is -2.38. The van der Waals surface area contributed by atoms with E-state index in [0.29, 0.717) is 37.7 Å². The zero-order chi connectivity index (χ0) is 16.4. The molecule has 1 aromatic carbocycles. The number of sulfonamides is 1. The van der Waals surface area contributed by atoms with Gasteiger partial charge >= 0.3 is 0 Å². The van der Waals surface area contributed by atoms with Crippen molar-refractivity contribution in [3.8, 4) is 0 Å². The van der Waals surface area contributed by atoms with Crippen molar-refractivity contribution in [3.63, 3.8) is 0 Å². The smallest absolute Gasteiger partial charge is 0.243 e. The molecule has 1 aromatic heterocycles. The first-order valence-electron chi connectivity index (χ1n) is 7.70. The van der Waals surface area contributed by atoms with Crippen LogP contribution in [0.15, 0.2) is 35.5 Å². The summed E-state index contributed by atoms with van der Waals surface area (Å²) in [7, 11) is -3.49. The van der Waals surface area contributed by atoms with Crippen molar-refractivity contribution in [2.45, 2.75) is 38.4 Å². The SMILES string of the molecule is CCOCc1ncn2c1CN(S(=O)(=O)c1cccc(C)c1)CC2. The summed E-state index contributed by atoms with van der Waals surface area (Å²) in [6.45, 7) is 6.24. The van der Waals surface area contributed by atoms with E-state index < -0.39 is 10.0 Å². The summed E-state index contributed by atoms with van der Waals surface area (Å²) < 4.78 is 34.7. The third-order valence-corrected chi connectivity index (χ3v) is 5.86. The largest absolute Gasteiger partial charge is 0.375 e. The number of hydrogen-bond donors (Lipinski definition) is 0. The molecule has 0 saturated carbocycles. The van der Waals surface area contributed by atoms with Gasteiger partial charge in [-0.05, 0) is 31.5 Å². The maximum atomic E-state index is 12.9. The van der Waals surface area contributed by atoms with Crippen molar-refractivity contribution < 1.29 is 13.2 Å². The van der Waals surface area contributed by atoms with Gasteiger partial charge in [-0.25, -0.2) is 13.4 Å². The number of nitrogens with zero attached hydrogens (tertiary/aromatic N) is 3. The molecule has 0 atom stereocenters. The maximum absolute atomic E-state index is 12.9. The number of hydrogen-bond acceptors (Lipinski definition) is 4. The second-order valence-corrected chi connectivity index (χ2v) is 7.56. The summed E-state index contributed by atoms with van der Waals surface area (Å²) in [6.07, 6.45) is 1.76. The van der Waals surface area contributed by atoms with Crippen LogP contribution in [0.2, 0.25) is 0 Å². The molecule has 0 fully saturated rings. The lowest BCUT2D eigenvalue weighted by Gasteiger charge is -2.28. The summed E-state index contributed by atoms with van der Waals surface area (Å²) >= 11 is 0. The zero-order valence-electron chi connectivity index (χ0n) is 13.4. The second-order valence-electron chi connectivity index (χ2n) is 5.62. The standard InChI is InChI=1S/C16H21N3O3S/c1-3-22-11-15-16-10-19(8-7-18(16)12-17-15)23(20,21)14-6-4-5-13(2)9-14/h4-6,9,12H,3,7-8,10-11H2,1-2H3. The Balaban J connectivity index is 1.87. The Hall–Kier alpha value is -1.70. The number of fused-ring (bicyclic) bond motifs is 1. The Bertz CT molecular complexity index is 799. The van der Waals surface area contributed by atoms with Crippen LogP contribution in [0.3, 0.4) is 0 Å².